The Balaban J connectivity index is 2.02. The van der Waals surface area contributed by atoms with E-state index in [1.54, 1.807) is 30.3 Å². The predicted molar refractivity (Wildman–Crippen MR) is 125 cm³/mol. The van der Waals surface area contributed by atoms with E-state index in [9.17, 15) is 19.6 Å². The lowest BCUT2D eigenvalue weighted by atomic mass is 9.78. The number of hydrogen-bond donors (Lipinski definition) is 1. The highest BCUT2D eigenvalue weighted by atomic mass is 35.5. The van der Waals surface area contributed by atoms with Gasteiger partial charge in [0.05, 0.1) is 36.5 Å². The second-order valence-corrected chi connectivity index (χ2v) is 8.79. The highest BCUT2D eigenvalue weighted by Crippen LogP contribution is 2.41. The zero-order chi connectivity index (χ0) is 24.1. The van der Waals surface area contributed by atoms with Crippen molar-refractivity contribution in [2.45, 2.75) is 11.7 Å². The molecule has 1 amide bonds. The molecule has 0 radical (unpaired) electrons. The summed E-state index contributed by atoms with van der Waals surface area (Å²) in [7, 11) is 2.44. The van der Waals surface area contributed by atoms with Crippen LogP contribution < -0.4 is 5.32 Å². The molecule has 2 atom stereocenters. The van der Waals surface area contributed by atoms with Crippen LogP contribution in [0.25, 0.3) is 0 Å². The molecule has 33 heavy (non-hydrogen) atoms. The van der Waals surface area contributed by atoms with Crippen LogP contribution in [0, 0.1) is 17.2 Å². The molecule has 0 unspecified atom stereocenters. The standard InChI is InChI=1S/C23H18Cl2N2O5S/c1-31-22(29)13-5-3-12(4-6-13)18-16(10-26)21(27-20(28)19(18)23(30)32-2)33-11-14-7-8-15(24)9-17(14)25/h3-9,18-19H,11H2,1-2H3,(H,27,28)/t18-,19-/m1/s1. The Morgan fingerprint density at radius 3 is 2.39 bits per heavy atom. The van der Waals surface area contributed by atoms with E-state index in [0.717, 1.165) is 5.56 Å². The molecule has 1 aliphatic rings. The zero-order valence-electron chi connectivity index (χ0n) is 17.6. The number of nitrogens with zero attached hydrogens (tertiary/aromatic N) is 1. The zero-order valence-corrected chi connectivity index (χ0v) is 19.9. The van der Waals surface area contributed by atoms with Crippen molar-refractivity contribution in [3.8, 4) is 6.07 Å². The summed E-state index contributed by atoms with van der Waals surface area (Å²) in [6.45, 7) is 0. The number of amides is 1. The van der Waals surface area contributed by atoms with E-state index in [4.69, 9.17) is 32.7 Å². The number of methoxy groups -OCH3 is 2. The highest BCUT2D eigenvalue weighted by Gasteiger charge is 2.44. The molecule has 170 valence electrons. The summed E-state index contributed by atoms with van der Waals surface area (Å²) in [5.74, 6) is -3.70. The second-order valence-electron chi connectivity index (χ2n) is 6.96. The molecule has 0 saturated heterocycles. The van der Waals surface area contributed by atoms with Crippen LogP contribution in [0.3, 0.4) is 0 Å². The fourth-order valence-electron chi connectivity index (χ4n) is 3.41. The number of thioether (sulfide) groups is 1. The molecule has 1 aliphatic heterocycles. The normalized spacial score (nSPS) is 17.7. The Morgan fingerprint density at radius 2 is 1.82 bits per heavy atom. The molecule has 7 nitrogen and oxygen atoms in total. The third-order valence-corrected chi connectivity index (χ3v) is 6.71. The van der Waals surface area contributed by atoms with E-state index in [0.29, 0.717) is 32.0 Å². The van der Waals surface area contributed by atoms with Crippen molar-refractivity contribution in [2.24, 2.45) is 5.92 Å². The lowest BCUT2D eigenvalue weighted by Crippen LogP contribution is -2.44. The first-order valence-corrected chi connectivity index (χ1v) is 11.3. The first-order valence-electron chi connectivity index (χ1n) is 9.58. The van der Waals surface area contributed by atoms with E-state index < -0.39 is 29.7 Å². The van der Waals surface area contributed by atoms with Crippen molar-refractivity contribution >= 4 is 52.8 Å². The van der Waals surface area contributed by atoms with Crippen molar-refractivity contribution < 1.29 is 23.9 Å². The van der Waals surface area contributed by atoms with Gasteiger partial charge in [-0.1, -0.05) is 41.4 Å². The summed E-state index contributed by atoms with van der Waals surface area (Å²) in [6, 6.07) is 13.4. The highest BCUT2D eigenvalue weighted by molar-refractivity contribution is 8.02. The molecule has 0 saturated carbocycles. The summed E-state index contributed by atoms with van der Waals surface area (Å²) < 4.78 is 9.54. The topological polar surface area (TPSA) is 105 Å². The second kappa shape index (κ2) is 10.8. The fourth-order valence-corrected chi connectivity index (χ4v) is 5.02. The monoisotopic (exact) mass is 504 g/mol. The van der Waals surface area contributed by atoms with Crippen molar-refractivity contribution in [2.75, 3.05) is 14.2 Å². The molecule has 1 N–H and O–H groups in total. The van der Waals surface area contributed by atoms with E-state index in [-0.39, 0.29) is 5.57 Å². The minimum atomic E-state index is -1.27. The number of nitrogens with one attached hydrogen (secondary N) is 1. The van der Waals surface area contributed by atoms with Crippen LogP contribution >= 0.6 is 35.0 Å². The van der Waals surface area contributed by atoms with Crippen LogP contribution in [0.15, 0.2) is 53.1 Å². The molecule has 2 aromatic carbocycles. The Morgan fingerprint density at radius 1 is 1.12 bits per heavy atom. The van der Waals surface area contributed by atoms with E-state index in [1.807, 2.05) is 0 Å². The van der Waals surface area contributed by atoms with E-state index >= 15 is 0 Å². The van der Waals surface area contributed by atoms with Crippen LogP contribution in [0.1, 0.15) is 27.4 Å². The third kappa shape index (κ3) is 5.33. The molecule has 2 aromatic rings. The van der Waals surface area contributed by atoms with Crippen LogP contribution in [-0.2, 0) is 24.8 Å². The molecule has 0 aliphatic carbocycles. The van der Waals surface area contributed by atoms with Crippen LogP contribution in [0.5, 0.6) is 0 Å². The molecule has 3 rings (SSSR count). The number of halogens is 2. The Kier molecular flexibility index (Phi) is 8.03. The fraction of sp³-hybridized carbons (Fsp3) is 0.217. The summed E-state index contributed by atoms with van der Waals surface area (Å²) in [6.07, 6.45) is 0. The van der Waals surface area contributed by atoms with E-state index in [1.165, 1.54) is 38.1 Å². The third-order valence-electron chi connectivity index (χ3n) is 5.06. The first-order chi connectivity index (χ1) is 15.8. The quantitative estimate of drug-likeness (QED) is 0.457. The number of allylic oxidation sites excluding steroid dienone is 1. The lowest BCUT2D eigenvalue weighted by molar-refractivity contribution is -0.150. The molecule has 0 fully saturated rings. The summed E-state index contributed by atoms with van der Waals surface area (Å²) in [5.41, 5.74) is 1.77. The maximum Gasteiger partial charge on any atom is 0.337 e. The van der Waals surface area contributed by atoms with Gasteiger partial charge in [0.1, 0.15) is 5.92 Å². The summed E-state index contributed by atoms with van der Waals surface area (Å²) in [4.78, 5) is 37.2. The number of rotatable bonds is 6. The molecular weight excluding hydrogens is 487 g/mol. The maximum atomic E-state index is 12.9. The van der Waals surface area contributed by atoms with Gasteiger partial charge in [-0.15, -0.1) is 11.8 Å². The SMILES string of the molecule is COC(=O)c1ccc([C@@H]2C(C#N)=C(SCc3ccc(Cl)cc3Cl)NC(=O)[C@@H]2C(=O)OC)cc1. The van der Waals surface area contributed by atoms with Gasteiger partial charge in [-0.3, -0.25) is 9.59 Å². The van der Waals surface area contributed by atoms with Gasteiger partial charge in [0, 0.05) is 21.7 Å². The van der Waals surface area contributed by atoms with Crippen molar-refractivity contribution in [3.63, 3.8) is 0 Å². The average Bonchev–Trinajstić information content (AvgIpc) is 2.82. The molecule has 0 bridgehead atoms. The van der Waals surface area contributed by atoms with Gasteiger partial charge in [-0.25, -0.2) is 4.79 Å². The van der Waals surface area contributed by atoms with Gasteiger partial charge in [-0.05, 0) is 35.4 Å². The Bertz CT molecular complexity index is 1170. The van der Waals surface area contributed by atoms with Gasteiger partial charge < -0.3 is 14.8 Å². The largest absolute Gasteiger partial charge is 0.468 e. The maximum absolute atomic E-state index is 12.9. The van der Waals surface area contributed by atoms with Crippen LogP contribution in [0.2, 0.25) is 10.0 Å². The van der Waals surface area contributed by atoms with Gasteiger partial charge in [0.25, 0.3) is 0 Å². The predicted octanol–water partition coefficient (Wildman–Crippen LogP) is 4.45. The minimum absolute atomic E-state index is 0.200. The molecular formula is C23H18Cl2N2O5S. The first kappa shape index (κ1) is 24.6. The lowest BCUT2D eigenvalue weighted by Gasteiger charge is -2.31. The number of benzene rings is 2. The van der Waals surface area contributed by atoms with Crippen LogP contribution in [-0.4, -0.2) is 32.1 Å². The summed E-state index contributed by atoms with van der Waals surface area (Å²) in [5, 5.41) is 13.9. The van der Waals surface area contributed by atoms with Gasteiger partial charge in [0.15, 0.2) is 0 Å². The van der Waals surface area contributed by atoms with Gasteiger partial charge in [0.2, 0.25) is 5.91 Å². The number of esters is 2. The van der Waals surface area contributed by atoms with Gasteiger partial charge in [-0.2, -0.15) is 5.26 Å². The molecule has 0 aromatic heterocycles. The molecule has 10 heteroatoms. The number of carbonyl (C=O) groups excluding carboxylic acids is 3. The molecule has 1 heterocycles. The Labute approximate surface area is 204 Å². The Hall–Kier alpha value is -2.99. The summed E-state index contributed by atoms with van der Waals surface area (Å²) >= 11 is 13.4. The number of nitriles is 1. The number of carbonyl (C=O) groups is 3. The van der Waals surface area contributed by atoms with E-state index in [2.05, 4.69) is 11.4 Å². The molecule has 0 spiro atoms. The van der Waals surface area contributed by atoms with Gasteiger partial charge >= 0.3 is 11.9 Å². The smallest absolute Gasteiger partial charge is 0.337 e. The average molecular weight is 505 g/mol. The number of hydrogen-bond acceptors (Lipinski definition) is 7. The van der Waals surface area contributed by atoms with Crippen molar-refractivity contribution in [1.29, 1.82) is 5.26 Å². The van der Waals surface area contributed by atoms with Crippen molar-refractivity contribution in [3.05, 3.63) is 79.8 Å². The number of ether oxygens (including phenoxy) is 2. The minimum Gasteiger partial charge on any atom is -0.468 e. The van der Waals surface area contributed by atoms with Crippen molar-refractivity contribution in [1.82, 2.24) is 5.32 Å². The van der Waals surface area contributed by atoms with Crippen LogP contribution in [0.4, 0.5) is 0 Å².